The van der Waals surface area contributed by atoms with Crippen molar-refractivity contribution in [3.8, 4) is 22.8 Å². The van der Waals surface area contributed by atoms with Crippen LogP contribution in [0.5, 0.6) is 11.6 Å². The lowest BCUT2D eigenvalue weighted by molar-refractivity contribution is -0.141. The first-order valence-corrected chi connectivity index (χ1v) is 11.4. The molecule has 1 aliphatic rings. The Labute approximate surface area is 198 Å². The van der Waals surface area contributed by atoms with Crippen LogP contribution in [0.2, 0.25) is 0 Å². The van der Waals surface area contributed by atoms with E-state index in [1.807, 2.05) is 37.4 Å². The fourth-order valence-electron chi connectivity index (χ4n) is 4.37. The van der Waals surface area contributed by atoms with E-state index in [2.05, 4.69) is 16.4 Å². The number of benzene rings is 2. The topological polar surface area (TPSA) is 80.7 Å². The molecule has 2 N–H and O–H groups in total. The minimum atomic E-state index is -0.808. The zero-order valence-electron chi connectivity index (χ0n) is 19.6. The summed E-state index contributed by atoms with van der Waals surface area (Å²) in [7, 11) is 3.36. The summed E-state index contributed by atoms with van der Waals surface area (Å²) in [5, 5.41) is 12.4. The van der Waals surface area contributed by atoms with Crippen molar-refractivity contribution in [1.82, 2.24) is 10.3 Å². The number of carbonyl (C=O) groups is 1. The molecule has 0 amide bonds. The summed E-state index contributed by atoms with van der Waals surface area (Å²) in [6, 6.07) is 13.5. The second-order valence-corrected chi connectivity index (χ2v) is 8.68. The summed E-state index contributed by atoms with van der Waals surface area (Å²) in [6.07, 6.45) is 3.19. The summed E-state index contributed by atoms with van der Waals surface area (Å²) in [4.78, 5) is 15.2. The third kappa shape index (κ3) is 5.04. The van der Waals surface area contributed by atoms with Crippen molar-refractivity contribution in [2.24, 2.45) is 5.92 Å². The zero-order valence-corrected chi connectivity index (χ0v) is 19.6. The molecule has 2 heterocycles. The van der Waals surface area contributed by atoms with E-state index in [9.17, 15) is 14.3 Å². The van der Waals surface area contributed by atoms with Gasteiger partial charge in [-0.3, -0.25) is 4.79 Å². The number of halogens is 1. The summed E-state index contributed by atoms with van der Waals surface area (Å²) < 4.78 is 26.2. The average molecular weight is 465 g/mol. The molecule has 7 heteroatoms. The van der Waals surface area contributed by atoms with Gasteiger partial charge in [0, 0.05) is 18.2 Å². The largest absolute Gasteiger partial charge is 0.485 e. The quantitative estimate of drug-likeness (QED) is 0.491. The molecule has 34 heavy (non-hydrogen) atoms. The molecule has 0 fully saturated rings. The number of nitrogens with one attached hydrogen (secondary N) is 1. The monoisotopic (exact) mass is 464 g/mol. The van der Waals surface area contributed by atoms with E-state index >= 15 is 0 Å². The normalized spacial score (nSPS) is 15.8. The van der Waals surface area contributed by atoms with E-state index in [1.54, 1.807) is 13.0 Å². The smallest absolute Gasteiger partial charge is 0.306 e. The van der Waals surface area contributed by atoms with Crippen LogP contribution in [0.4, 0.5) is 4.39 Å². The molecule has 3 aromatic rings. The molecule has 0 spiro atoms. The van der Waals surface area contributed by atoms with Crippen LogP contribution in [-0.4, -0.2) is 30.2 Å². The number of methoxy groups -OCH3 is 1. The van der Waals surface area contributed by atoms with Crippen LogP contribution in [-0.2, 0) is 24.2 Å². The highest BCUT2D eigenvalue weighted by Crippen LogP contribution is 2.38. The van der Waals surface area contributed by atoms with E-state index in [-0.39, 0.29) is 6.10 Å². The number of fused-ring (bicyclic) bond motifs is 1. The third-order valence-corrected chi connectivity index (χ3v) is 6.24. The maximum Gasteiger partial charge on any atom is 0.306 e. The maximum absolute atomic E-state index is 14.6. The van der Waals surface area contributed by atoms with Gasteiger partial charge in [0.15, 0.2) is 0 Å². The first-order chi connectivity index (χ1) is 16.4. The Balaban J connectivity index is 1.62. The minimum absolute atomic E-state index is 0.138. The highest BCUT2D eigenvalue weighted by atomic mass is 19.1. The van der Waals surface area contributed by atoms with Crippen LogP contribution in [0.25, 0.3) is 11.1 Å². The van der Waals surface area contributed by atoms with Crippen LogP contribution in [0, 0.1) is 11.7 Å². The lowest BCUT2D eigenvalue weighted by atomic mass is 9.91. The third-order valence-electron chi connectivity index (χ3n) is 6.24. The van der Waals surface area contributed by atoms with Crippen LogP contribution in [0.15, 0.2) is 48.7 Å². The van der Waals surface area contributed by atoms with Crippen LogP contribution in [0.3, 0.4) is 0 Å². The Morgan fingerprint density at radius 3 is 2.82 bits per heavy atom. The number of hydrogen-bond donors (Lipinski definition) is 2. The molecule has 2 atom stereocenters. The number of aliphatic carboxylic acids is 1. The molecule has 4 rings (SSSR count). The zero-order chi connectivity index (χ0) is 24.2. The lowest BCUT2D eigenvalue weighted by Crippen LogP contribution is -2.17. The van der Waals surface area contributed by atoms with Gasteiger partial charge >= 0.3 is 5.97 Å². The lowest BCUT2D eigenvalue weighted by Gasteiger charge is -2.28. The van der Waals surface area contributed by atoms with E-state index in [4.69, 9.17) is 9.47 Å². The van der Waals surface area contributed by atoms with Crippen molar-refractivity contribution >= 4 is 5.97 Å². The molecular weight excluding hydrogens is 435 g/mol. The van der Waals surface area contributed by atoms with Gasteiger partial charge in [0.1, 0.15) is 17.7 Å². The number of carboxylic acid groups (broad SMARTS) is 1. The highest BCUT2D eigenvalue weighted by molar-refractivity contribution is 5.70. The first kappa shape index (κ1) is 23.7. The minimum Gasteiger partial charge on any atom is -0.485 e. The van der Waals surface area contributed by atoms with E-state index in [0.717, 1.165) is 46.4 Å². The van der Waals surface area contributed by atoms with Crippen molar-refractivity contribution in [3.63, 3.8) is 0 Å². The molecule has 1 aromatic heterocycles. The fraction of sp³-hybridized carbons (Fsp3) is 0.333. The fourth-order valence-corrected chi connectivity index (χ4v) is 4.37. The molecule has 178 valence electrons. The van der Waals surface area contributed by atoms with Gasteiger partial charge in [-0.15, -0.1) is 0 Å². The van der Waals surface area contributed by atoms with Crippen molar-refractivity contribution in [2.45, 2.75) is 38.8 Å². The number of hydrogen-bond acceptors (Lipinski definition) is 5. The Bertz CT molecular complexity index is 1200. The van der Waals surface area contributed by atoms with Gasteiger partial charge in [-0.05, 0) is 60.2 Å². The molecule has 0 saturated heterocycles. The van der Waals surface area contributed by atoms with Gasteiger partial charge in [-0.25, -0.2) is 9.37 Å². The number of ether oxygens (including phenoxy) is 2. The standard InChI is InChI=1S/C27H29FN2O4/c1-16(27(31)32)10-17-4-5-18-7-9-24(34-25(18)11-17)19-6-8-21(20(12-19)14-29-2)22-13-26(33-3)30-15-23(22)28/h4-6,8,11-13,15-16,24,29H,7,9-10,14H2,1-3H3,(H,31,32)/t16-,24-/m0/s1. The van der Waals surface area contributed by atoms with E-state index in [1.165, 1.54) is 13.3 Å². The van der Waals surface area contributed by atoms with Gasteiger partial charge in [0.05, 0.1) is 19.2 Å². The Morgan fingerprint density at radius 1 is 1.26 bits per heavy atom. The molecule has 6 nitrogen and oxygen atoms in total. The average Bonchev–Trinajstić information content (AvgIpc) is 2.84. The highest BCUT2D eigenvalue weighted by Gasteiger charge is 2.24. The number of pyridine rings is 1. The maximum atomic E-state index is 14.6. The van der Waals surface area contributed by atoms with Crippen molar-refractivity contribution in [2.75, 3.05) is 14.2 Å². The predicted molar refractivity (Wildman–Crippen MR) is 128 cm³/mol. The predicted octanol–water partition coefficient (Wildman–Crippen LogP) is 4.95. The van der Waals surface area contributed by atoms with Gasteiger partial charge in [0.2, 0.25) is 5.88 Å². The molecule has 0 aliphatic carbocycles. The van der Waals surface area contributed by atoms with Crippen LogP contribution in [0.1, 0.15) is 41.7 Å². The van der Waals surface area contributed by atoms with E-state index in [0.29, 0.717) is 24.4 Å². The Morgan fingerprint density at radius 2 is 2.09 bits per heavy atom. The summed E-state index contributed by atoms with van der Waals surface area (Å²) in [6.45, 7) is 2.27. The van der Waals surface area contributed by atoms with Crippen LogP contribution < -0.4 is 14.8 Å². The van der Waals surface area contributed by atoms with Crippen molar-refractivity contribution in [3.05, 3.63) is 76.7 Å². The van der Waals surface area contributed by atoms with E-state index < -0.39 is 17.7 Å². The van der Waals surface area contributed by atoms with Gasteiger partial charge in [0.25, 0.3) is 0 Å². The number of rotatable bonds is 8. The second-order valence-electron chi connectivity index (χ2n) is 8.68. The van der Waals surface area contributed by atoms with Gasteiger partial charge < -0.3 is 19.9 Å². The van der Waals surface area contributed by atoms with Crippen molar-refractivity contribution < 1.29 is 23.8 Å². The Hall–Kier alpha value is -3.45. The van der Waals surface area contributed by atoms with Crippen LogP contribution >= 0.6 is 0 Å². The summed E-state index contributed by atoms with van der Waals surface area (Å²) in [5.74, 6) is -0.512. The molecule has 1 aliphatic heterocycles. The number of aromatic nitrogens is 1. The molecule has 0 saturated carbocycles. The SMILES string of the molecule is CNCc1cc([C@@H]2CCc3ccc(C[C@H](C)C(=O)O)cc3O2)ccc1-c1cc(OC)ncc1F. The Kier molecular flexibility index (Phi) is 7.12. The summed E-state index contributed by atoms with van der Waals surface area (Å²) in [5.41, 5.74) is 5.26. The molecule has 0 bridgehead atoms. The first-order valence-electron chi connectivity index (χ1n) is 11.4. The van der Waals surface area contributed by atoms with Crippen molar-refractivity contribution in [1.29, 1.82) is 0 Å². The van der Waals surface area contributed by atoms with Gasteiger partial charge in [-0.2, -0.15) is 0 Å². The second kappa shape index (κ2) is 10.2. The number of carboxylic acids is 1. The molecule has 0 unspecified atom stereocenters. The number of nitrogens with zero attached hydrogens (tertiary/aromatic N) is 1. The molecule has 0 radical (unpaired) electrons. The summed E-state index contributed by atoms with van der Waals surface area (Å²) >= 11 is 0. The molecular formula is C27H29FN2O4. The number of aryl methyl sites for hydroxylation is 1. The van der Waals surface area contributed by atoms with Gasteiger partial charge in [-0.1, -0.05) is 37.3 Å². The molecule has 2 aromatic carbocycles.